The molecule has 0 aromatic heterocycles. The van der Waals surface area contributed by atoms with Crippen LogP contribution in [0.5, 0.6) is 0 Å². The maximum Gasteiger partial charge on any atom is 0.214 e. The number of aliphatic hydroxyl groups excluding tert-OH is 1. The van der Waals surface area contributed by atoms with E-state index in [0.717, 1.165) is 12.8 Å². The van der Waals surface area contributed by atoms with Crippen LogP contribution < -0.4 is 4.72 Å². The third-order valence-corrected chi connectivity index (χ3v) is 3.76. The highest BCUT2D eigenvalue weighted by molar-refractivity contribution is 7.90. The van der Waals surface area contributed by atoms with E-state index in [4.69, 9.17) is 5.11 Å². The Bertz CT molecular complexity index is 247. The largest absolute Gasteiger partial charge is 0.389 e. The van der Waals surface area contributed by atoms with Crippen molar-refractivity contribution in [1.82, 2.24) is 4.72 Å². The summed E-state index contributed by atoms with van der Waals surface area (Å²) in [5.74, 6) is 0. The molecule has 1 unspecified atom stereocenters. The number of methoxy groups -OCH3 is 1. The minimum absolute atomic E-state index is 0.0344. The van der Waals surface area contributed by atoms with Crippen molar-refractivity contribution in [1.29, 1.82) is 0 Å². The molecule has 1 rings (SSSR count). The number of hydrogen-bond acceptors (Lipinski definition) is 4. The van der Waals surface area contributed by atoms with Crippen molar-refractivity contribution in [2.45, 2.75) is 24.2 Å². The second-order valence-electron chi connectivity index (χ2n) is 3.20. The van der Waals surface area contributed by atoms with Crippen LogP contribution in [0.1, 0.15) is 12.8 Å². The lowest BCUT2D eigenvalue weighted by Gasteiger charge is -2.10. The van der Waals surface area contributed by atoms with Crippen LogP contribution in [0.2, 0.25) is 0 Å². The molecule has 0 bridgehead atoms. The topological polar surface area (TPSA) is 75.6 Å². The summed E-state index contributed by atoms with van der Waals surface area (Å²) in [6.07, 6.45) is 0.698. The van der Waals surface area contributed by atoms with Gasteiger partial charge in [0.15, 0.2) is 0 Å². The SMILES string of the molecule is COCC(O)CNS(=O)(=O)C1CC1. The second-order valence-corrected chi connectivity index (χ2v) is 5.25. The lowest BCUT2D eigenvalue weighted by atomic mass is 10.4. The lowest BCUT2D eigenvalue weighted by molar-refractivity contribution is 0.0679. The minimum atomic E-state index is -3.17. The fraction of sp³-hybridized carbons (Fsp3) is 1.00. The van der Waals surface area contributed by atoms with Gasteiger partial charge in [-0.15, -0.1) is 0 Å². The van der Waals surface area contributed by atoms with Crippen molar-refractivity contribution in [2.24, 2.45) is 0 Å². The van der Waals surface area contributed by atoms with Gasteiger partial charge in [-0.2, -0.15) is 0 Å². The summed E-state index contributed by atoms with van der Waals surface area (Å²) in [4.78, 5) is 0. The van der Waals surface area contributed by atoms with E-state index in [0.29, 0.717) is 0 Å². The van der Waals surface area contributed by atoms with Gasteiger partial charge in [-0.25, -0.2) is 13.1 Å². The van der Waals surface area contributed by atoms with E-state index in [1.54, 1.807) is 0 Å². The van der Waals surface area contributed by atoms with E-state index < -0.39 is 16.1 Å². The molecule has 1 atom stereocenters. The van der Waals surface area contributed by atoms with Crippen LogP contribution in [-0.2, 0) is 14.8 Å². The zero-order valence-corrected chi connectivity index (χ0v) is 8.38. The van der Waals surface area contributed by atoms with Gasteiger partial charge in [0, 0.05) is 13.7 Å². The predicted molar refractivity (Wildman–Crippen MR) is 47.8 cm³/mol. The van der Waals surface area contributed by atoms with E-state index in [-0.39, 0.29) is 18.4 Å². The van der Waals surface area contributed by atoms with Gasteiger partial charge in [-0.3, -0.25) is 0 Å². The number of hydrogen-bond donors (Lipinski definition) is 2. The first-order valence-corrected chi connectivity index (χ1v) is 5.76. The van der Waals surface area contributed by atoms with E-state index in [9.17, 15) is 8.42 Å². The third kappa shape index (κ3) is 3.60. The van der Waals surface area contributed by atoms with Crippen molar-refractivity contribution in [3.05, 3.63) is 0 Å². The van der Waals surface area contributed by atoms with Crippen LogP contribution in [0, 0.1) is 0 Å². The first-order chi connectivity index (χ1) is 6.06. The molecule has 13 heavy (non-hydrogen) atoms. The maximum atomic E-state index is 11.2. The Hall–Kier alpha value is -0.170. The van der Waals surface area contributed by atoms with Crippen LogP contribution in [0.3, 0.4) is 0 Å². The molecular weight excluding hydrogens is 194 g/mol. The van der Waals surface area contributed by atoms with Crippen LogP contribution in [0.4, 0.5) is 0 Å². The molecular formula is C7H15NO4S. The van der Waals surface area contributed by atoms with Gasteiger partial charge in [0.05, 0.1) is 18.0 Å². The maximum absolute atomic E-state index is 11.2. The fourth-order valence-electron chi connectivity index (χ4n) is 0.960. The lowest BCUT2D eigenvalue weighted by Crippen LogP contribution is -2.36. The first kappa shape index (κ1) is 10.9. The summed E-state index contributed by atoms with van der Waals surface area (Å²) in [6.45, 7) is 0.180. The molecule has 1 fully saturated rings. The van der Waals surface area contributed by atoms with Crippen LogP contribution in [0.15, 0.2) is 0 Å². The molecule has 0 amide bonds. The van der Waals surface area contributed by atoms with Gasteiger partial charge < -0.3 is 9.84 Å². The Balaban J connectivity index is 2.24. The van der Waals surface area contributed by atoms with Gasteiger partial charge in [0.1, 0.15) is 0 Å². The Kier molecular flexibility index (Phi) is 3.66. The van der Waals surface area contributed by atoms with E-state index in [1.807, 2.05) is 0 Å². The Morgan fingerprint density at radius 2 is 2.23 bits per heavy atom. The molecule has 0 heterocycles. The summed E-state index contributed by atoms with van der Waals surface area (Å²) < 4.78 is 29.5. The number of rotatable bonds is 6. The van der Waals surface area contributed by atoms with Gasteiger partial charge in [0.25, 0.3) is 0 Å². The summed E-state index contributed by atoms with van der Waals surface area (Å²) in [7, 11) is -1.71. The highest BCUT2D eigenvalue weighted by Gasteiger charge is 2.35. The van der Waals surface area contributed by atoms with Crippen LogP contribution in [0.25, 0.3) is 0 Å². The number of nitrogens with one attached hydrogen (secondary N) is 1. The van der Waals surface area contributed by atoms with Crippen LogP contribution >= 0.6 is 0 Å². The predicted octanol–water partition coefficient (Wildman–Crippen LogP) is -0.924. The van der Waals surface area contributed by atoms with Crippen molar-refractivity contribution < 1.29 is 18.3 Å². The summed E-state index contributed by atoms with van der Waals surface area (Å²) in [5, 5.41) is 8.93. The van der Waals surface area contributed by atoms with Crippen LogP contribution in [-0.4, -0.2) is 45.1 Å². The Morgan fingerprint density at radius 3 is 2.69 bits per heavy atom. The average Bonchev–Trinajstić information content (AvgIpc) is 2.84. The number of sulfonamides is 1. The molecule has 0 radical (unpaired) electrons. The quantitative estimate of drug-likeness (QED) is 0.593. The van der Waals surface area contributed by atoms with E-state index in [2.05, 4.69) is 9.46 Å². The number of ether oxygens (including phenoxy) is 1. The molecule has 0 aromatic rings. The monoisotopic (exact) mass is 209 g/mol. The standard InChI is InChI=1S/C7H15NO4S/c1-12-5-6(9)4-8-13(10,11)7-2-3-7/h6-9H,2-5H2,1H3. The molecule has 0 saturated heterocycles. The molecule has 1 aliphatic carbocycles. The molecule has 0 spiro atoms. The zero-order valence-electron chi connectivity index (χ0n) is 7.56. The normalized spacial score (nSPS) is 20.2. The van der Waals surface area contributed by atoms with Crippen molar-refractivity contribution >= 4 is 10.0 Å². The van der Waals surface area contributed by atoms with Crippen molar-refractivity contribution in [3.63, 3.8) is 0 Å². The molecule has 1 aliphatic rings. The highest BCUT2D eigenvalue weighted by atomic mass is 32.2. The van der Waals surface area contributed by atoms with Gasteiger partial charge in [0.2, 0.25) is 10.0 Å². The molecule has 0 aromatic carbocycles. The molecule has 78 valence electrons. The Morgan fingerprint density at radius 1 is 1.62 bits per heavy atom. The number of aliphatic hydroxyl groups is 1. The van der Waals surface area contributed by atoms with Gasteiger partial charge in [-0.1, -0.05) is 0 Å². The molecule has 0 aliphatic heterocycles. The zero-order chi connectivity index (χ0) is 9.90. The molecule has 6 heteroatoms. The molecule has 2 N–H and O–H groups in total. The third-order valence-electron chi connectivity index (χ3n) is 1.84. The average molecular weight is 209 g/mol. The van der Waals surface area contributed by atoms with Crippen molar-refractivity contribution in [2.75, 3.05) is 20.3 Å². The fourth-order valence-corrected chi connectivity index (χ4v) is 2.38. The summed E-state index contributed by atoms with van der Waals surface area (Å²) >= 11 is 0. The Labute approximate surface area is 78.1 Å². The van der Waals surface area contributed by atoms with Crippen molar-refractivity contribution in [3.8, 4) is 0 Å². The first-order valence-electron chi connectivity index (χ1n) is 4.21. The van der Waals surface area contributed by atoms with Gasteiger partial charge in [-0.05, 0) is 12.8 Å². The smallest absolute Gasteiger partial charge is 0.214 e. The second kappa shape index (κ2) is 4.36. The molecule has 5 nitrogen and oxygen atoms in total. The van der Waals surface area contributed by atoms with Gasteiger partial charge >= 0.3 is 0 Å². The molecule has 1 saturated carbocycles. The highest BCUT2D eigenvalue weighted by Crippen LogP contribution is 2.27. The van der Waals surface area contributed by atoms with E-state index in [1.165, 1.54) is 7.11 Å². The summed E-state index contributed by atoms with van der Waals surface area (Å²) in [6, 6.07) is 0. The minimum Gasteiger partial charge on any atom is -0.389 e. The van der Waals surface area contributed by atoms with E-state index >= 15 is 0 Å². The summed E-state index contributed by atoms with van der Waals surface area (Å²) in [5.41, 5.74) is 0.